The van der Waals surface area contributed by atoms with Crippen molar-refractivity contribution in [2.75, 3.05) is 19.6 Å². The Labute approximate surface area is 411 Å². The van der Waals surface area contributed by atoms with E-state index in [1.807, 2.05) is 170 Å². The number of guanidine groups is 1. The van der Waals surface area contributed by atoms with E-state index in [0.29, 0.717) is 38.8 Å². The Bertz CT molecular complexity index is 2590. The molecule has 9 N–H and O–H groups in total. The summed E-state index contributed by atoms with van der Waals surface area (Å²) in [4.78, 5) is 73.1. The molecule has 362 valence electrons. The van der Waals surface area contributed by atoms with Gasteiger partial charge in [-0.3, -0.25) is 29.0 Å². The van der Waals surface area contributed by atoms with Crippen LogP contribution in [0.1, 0.15) is 54.4 Å². The molecule has 0 aliphatic rings. The molecule has 0 saturated heterocycles. The van der Waals surface area contributed by atoms with Crippen molar-refractivity contribution in [1.82, 2.24) is 26.6 Å². The van der Waals surface area contributed by atoms with E-state index >= 15 is 0 Å². The highest BCUT2D eigenvalue weighted by atomic mass is 16.2. The molecular formula is C57H64N8O5. The SMILES string of the molecule is NC(N)=NCCC[C@@H](NC(=O)[C@H](CCCCNC(=O)Cc1ccc(-c2ccccc2)cc1)NC(=O)Cc1ccc(-c2ccccc2)cc1)C(=O)N[C@@H](Cc1ccccc1)C(=O)NCCc1ccccc1. The van der Waals surface area contributed by atoms with Crippen molar-refractivity contribution in [3.8, 4) is 22.3 Å². The van der Waals surface area contributed by atoms with E-state index in [4.69, 9.17) is 11.5 Å². The van der Waals surface area contributed by atoms with Crippen molar-refractivity contribution < 1.29 is 24.0 Å². The molecule has 6 aromatic rings. The van der Waals surface area contributed by atoms with Gasteiger partial charge in [0.15, 0.2) is 5.96 Å². The Morgan fingerprint density at radius 2 is 0.871 bits per heavy atom. The summed E-state index contributed by atoms with van der Waals surface area (Å²) in [6, 6.07) is 51.6. The first-order valence-corrected chi connectivity index (χ1v) is 24.0. The molecule has 5 amide bonds. The van der Waals surface area contributed by atoms with E-state index in [-0.39, 0.29) is 62.3 Å². The van der Waals surface area contributed by atoms with E-state index < -0.39 is 29.9 Å². The molecule has 0 spiro atoms. The summed E-state index contributed by atoms with van der Waals surface area (Å²) in [6.07, 6.45) is 2.74. The Kier molecular flexibility index (Phi) is 20.3. The maximum atomic E-state index is 14.3. The molecule has 0 unspecified atom stereocenters. The van der Waals surface area contributed by atoms with Gasteiger partial charge in [0.05, 0.1) is 12.8 Å². The van der Waals surface area contributed by atoms with Crippen molar-refractivity contribution in [3.63, 3.8) is 0 Å². The fourth-order valence-corrected chi connectivity index (χ4v) is 8.01. The third-order valence-corrected chi connectivity index (χ3v) is 11.8. The summed E-state index contributed by atoms with van der Waals surface area (Å²) in [5.74, 6) is -2.11. The lowest BCUT2D eigenvalue weighted by atomic mass is 10.0. The minimum absolute atomic E-state index is 0.0181. The van der Waals surface area contributed by atoms with E-state index in [2.05, 4.69) is 31.6 Å². The first-order chi connectivity index (χ1) is 34.1. The molecule has 0 radical (unpaired) electrons. The first kappa shape index (κ1) is 51.3. The standard InChI is InChI=1S/C57H64N8O5/c58-57(59)62-36-15-25-50(56(70)65-51(38-42-18-7-2-8-19-42)54(68)61-37-34-41-16-5-1-6-17-41)64-55(69)49(63-53(67)40-44-28-32-48(33-29-44)46-22-11-4-12-23-46)24-13-14-35-60-52(66)39-43-26-30-47(31-27-43)45-20-9-3-10-21-45/h1-12,16-23,26-33,49-51H,13-15,24-25,34-40H2,(H,60,66)(H,61,68)(H,63,67)(H,64,69)(H,65,70)(H4,58,59,62)/t49-,50+,51-/m0/s1. The quantitative estimate of drug-likeness (QED) is 0.0190. The molecule has 70 heavy (non-hydrogen) atoms. The fraction of sp³-hybridized carbons (Fsp3) is 0.263. The van der Waals surface area contributed by atoms with Crippen molar-refractivity contribution in [2.24, 2.45) is 16.5 Å². The van der Waals surface area contributed by atoms with Gasteiger partial charge >= 0.3 is 0 Å². The number of amides is 5. The lowest BCUT2D eigenvalue weighted by Crippen LogP contribution is -2.57. The number of carbonyl (C=O) groups excluding carboxylic acids is 5. The van der Waals surface area contributed by atoms with Gasteiger partial charge in [-0.1, -0.05) is 170 Å². The van der Waals surface area contributed by atoms with Crippen LogP contribution >= 0.6 is 0 Å². The Morgan fingerprint density at radius 3 is 1.41 bits per heavy atom. The summed E-state index contributed by atoms with van der Waals surface area (Å²) in [7, 11) is 0. The van der Waals surface area contributed by atoms with Gasteiger partial charge in [-0.05, 0) is 83.0 Å². The minimum atomic E-state index is -1.11. The summed E-state index contributed by atoms with van der Waals surface area (Å²) in [5.41, 5.74) is 19.0. The Hall–Kier alpha value is -8.06. The van der Waals surface area contributed by atoms with Crippen LogP contribution in [0.15, 0.2) is 175 Å². The highest BCUT2D eigenvalue weighted by Crippen LogP contribution is 2.21. The molecule has 0 saturated carbocycles. The number of rotatable bonds is 26. The van der Waals surface area contributed by atoms with Gasteiger partial charge in [-0.2, -0.15) is 0 Å². The molecule has 13 heteroatoms. The van der Waals surface area contributed by atoms with Gasteiger partial charge < -0.3 is 38.1 Å². The molecular weight excluding hydrogens is 877 g/mol. The lowest BCUT2D eigenvalue weighted by Gasteiger charge is -2.26. The Morgan fingerprint density at radius 1 is 0.414 bits per heavy atom. The largest absolute Gasteiger partial charge is 0.370 e. The number of unbranched alkanes of at least 4 members (excludes halogenated alkanes) is 1. The first-order valence-electron chi connectivity index (χ1n) is 24.0. The second-order valence-corrected chi connectivity index (χ2v) is 17.2. The van der Waals surface area contributed by atoms with Crippen molar-refractivity contribution >= 4 is 35.5 Å². The van der Waals surface area contributed by atoms with Crippen LogP contribution in [-0.4, -0.2) is 73.3 Å². The van der Waals surface area contributed by atoms with E-state index in [9.17, 15) is 24.0 Å². The highest BCUT2D eigenvalue weighted by molar-refractivity contribution is 5.94. The summed E-state index contributed by atoms with van der Waals surface area (Å²) in [6.45, 7) is 0.917. The van der Waals surface area contributed by atoms with Gasteiger partial charge in [-0.15, -0.1) is 0 Å². The number of nitrogens with one attached hydrogen (secondary N) is 5. The monoisotopic (exact) mass is 940 g/mol. The van der Waals surface area contributed by atoms with Crippen molar-refractivity contribution in [2.45, 2.75) is 75.9 Å². The van der Waals surface area contributed by atoms with Gasteiger partial charge in [0.1, 0.15) is 18.1 Å². The van der Waals surface area contributed by atoms with Gasteiger partial charge in [0.25, 0.3) is 0 Å². The number of nitrogens with zero attached hydrogens (tertiary/aromatic N) is 1. The van der Waals surface area contributed by atoms with Crippen LogP contribution in [0.3, 0.4) is 0 Å². The predicted molar refractivity (Wildman–Crippen MR) is 277 cm³/mol. The van der Waals surface area contributed by atoms with Crippen LogP contribution < -0.4 is 38.1 Å². The zero-order chi connectivity index (χ0) is 49.3. The smallest absolute Gasteiger partial charge is 0.243 e. The van der Waals surface area contributed by atoms with E-state index in [1.54, 1.807) is 0 Å². The molecule has 6 aromatic carbocycles. The number of aliphatic imine (C=N–C) groups is 1. The number of nitrogens with two attached hydrogens (primary N) is 2. The normalized spacial score (nSPS) is 12.1. The van der Waals surface area contributed by atoms with Gasteiger partial charge in [0, 0.05) is 26.1 Å². The molecule has 13 nitrogen and oxygen atoms in total. The summed E-state index contributed by atoms with van der Waals surface area (Å²) < 4.78 is 0. The molecule has 3 atom stereocenters. The second kappa shape index (κ2) is 27.7. The maximum absolute atomic E-state index is 14.3. The zero-order valence-electron chi connectivity index (χ0n) is 39.5. The summed E-state index contributed by atoms with van der Waals surface area (Å²) >= 11 is 0. The maximum Gasteiger partial charge on any atom is 0.243 e. The second-order valence-electron chi connectivity index (χ2n) is 17.2. The van der Waals surface area contributed by atoms with Crippen molar-refractivity contribution in [1.29, 1.82) is 0 Å². The average molecular weight is 941 g/mol. The molecule has 6 rings (SSSR count). The van der Waals surface area contributed by atoms with Crippen LogP contribution in [0.2, 0.25) is 0 Å². The topological polar surface area (TPSA) is 210 Å². The molecule has 0 bridgehead atoms. The molecule has 0 aliphatic heterocycles. The van der Waals surface area contributed by atoms with Gasteiger partial charge in [0.2, 0.25) is 29.5 Å². The zero-order valence-corrected chi connectivity index (χ0v) is 39.5. The fourth-order valence-electron chi connectivity index (χ4n) is 8.01. The molecule has 0 heterocycles. The van der Waals surface area contributed by atoms with E-state index in [1.165, 1.54) is 0 Å². The van der Waals surface area contributed by atoms with Gasteiger partial charge in [-0.25, -0.2) is 0 Å². The van der Waals surface area contributed by atoms with Crippen LogP contribution in [0.5, 0.6) is 0 Å². The van der Waals surface area contributed by atoms with Crippen molar-refractivity contribution in [3.05, 3.63) is 192 Å². The lowest BCUT2D eigenvalue weighted by molar-refractivity contribution is -0.133. The molecule has 0 aliphatic carbocycles. The minimum Gasteiger partial charge on any atom is -0.370 e. The third kappa shape index (κ3) is 17.5. The molecule has 0 fully saturated rings. The highest BCUT2D eigenvalue weighted by Gasteiger charge is 2.30. The number of carbonyl (C=O) groups is 5. The van der Waals surface area contributed by atoms with Crippen LogP contribution in [0, 0.1) is 0 Å². The van der Waals surface area contributed by atoms with E-state index in [0.717, 1.165) is 44.5 Å². The average Bonchev–Trinajstić information content (AvgIpc) is 3.38. The number of benzene rings is 6. The number of hydrogen-bond acceptors (Lipinski definition) is 6. The van der Waals surface area contributed by atoms with Crippen LogP contribution in [0.4, 0.5) is 0 Å². The number of hydrogen-bond donors (Lipinski definition) is 7. The predicted octanol–water partition coefficient (Wildman–Crippen LogP) is 6.20. The van der Waals surface area contributed by atoms with Crippen LogP contribution in [0.25, 0.3) is 22.3 Å². The third-order valence-electron chi connectivity index (χ3n) is 11.8. The Balaban J connectivity index is 1.12. The summed E-state index contributed by atoms with van der Waals surface area (Å²) in [5, 5.41) is 14.7. The molecule has 0 aromatic heterocycles. The van der Waals surface area contributed by atoms with Crippen LogP contribution in [-0.2, 0) is 49.7 Å².